The predicted octanol–water partition coefficient (Wildman–Crippen LogP) is 2.44. The summed E-state index contributed by atoms with van der Waals surface area (Å²) in [6, 6.07) is 0.234. The second-order valence-corrected chi connectivity index (χ2v) is 7.20. The molecule has 1 amide bonds. The largest absolute Gasteiger partial charge is 0.385 e. The molecule has 0 aromatic heterocycles. The van der Waals surface area contributed by atoms with Crippen LogP contribution in [0.2, 0.25) is 0 Å². The zero-order valence-corrected chi connectivity index (χ0v) is 16.6. The van der Waals surface area contributed by atoms with Crippen molar-refractivity contribution in [2.75, 3.05) is 33.4 Å². The lowest BCUT2D eigenvalue weighted by Gasteiger charge is -2.27. The van der Waals surface area contributed by atoms with Gasteiger partial charge in [0.2, 0.25) is 5.91 Å². The smallest absolute Gasteiger partial charge is 0.221 e. The molecule has 0 aliphatic heterocycles. The number of ether oxygens (including phenoxy) is 1. The zero-order chi connectivity index (χ0) is 18.5. The van der Waals surface area contributed by atoms with Gasteiger partial charge in [0.25, 0.3) is 0 Å². The normalized spacial score (nSPS) is 18.0. The fourth-order valence-corrected chi connectivity index (χ4v) is 3.26. The van der Waals surface area contributed by atoms with Gasteiger partial charge >= 0.3 is 0 Å². The Morgan fingerprint density at radius 1 is 1.24 bits per heavy atom. The number of amides is 1. The van der Waals surface area contributed by atoms with E-state index in [9.17, 15) is 4.79 Å². The molecule has 25 heavy (non-hydrogen) atoms. The van der Waals surface area contributed by atoms with Crippen molar-refractivity contribution in [3.8, 4) is 0 Å². The van der Waals surface area contributed by atoms with Crippen LogP contribution in [0, 0.1) is 5.41 Å². The molecule has 6 heteroatoms. The van der Waals surface area contributed by atoms with Crippen LogP contribution in [-0.2, 0) is 9.53 Å². The minimum atomic E-state index is 0.0880. The Balaban J connectivity index is 2.48. The number of rotatable bonds is 11. The number of hydrogen-bond acceptors (Lipinski definition) is 3. The van der Waals surface area contributed by atoms with Crippen LogP contribution in [0.3, 0.4) is 0 Å². The van der Waals surface area contributed by atoms with E-state index >= 15 is 0 Å². The molecule has 3 N–H and O–H groups in total. The van der Waals surface area contributed by atoms with Gasteiger partial charge in [0.15, 0.2) is 5.96 Å². The predicted molar refractivity (Wildman–Crippen MR) is 104 cm³/mol. The van der Waals surface area contributed by atoms with Gasteiger partial charge < -0.3 is 20.7 Å². The lowest BCUT2D eigenvalue weighted by molar-refractivity contribution is -0.121. The highest BCUT2D eigenvalue weighted by Crippen LogP contribution is 2.41. The van der Waals surface area contributed by atoms with Crippen molar-refractivity contribution in [1.82, 2.24) is 16.0 Å². The minimum Gasteiger partial charge on any atom is -0.385 e. The van der Waals surface area contributed by atoms with Gasteiger partial charge in [-0.25, -0.2) is 0 Å². The molecule has 0 saturated heterocycles. The highest BCUT2D eigenvalue weighted by atomic mass is 16.5. The molecule has 0 aromatic carbocycles. The molecule has 1 rings (SSSR count). The molecule has 146 valence electrons. The van der Waals surface area contributed by atoms with E-state index in [-0.39, 0.29) is 17.4 Å². The first-order chi connectivity index (χ1) is 12.0. The van der Waals surface area contributed by atoms with Crippen LogP contribution in [0.4, 0.5) is 0 Å². The second kappa shape index (κ2) is 12.1. The maximum absolute atomic E-state index is 11.9. The maximum atomic E-state index is 11.9. The lowest BCUT2D eigenvalue weighted by atomic mass is 9.83. The summed E-state index contributed by atoms with van der Waals surface area (Å²) in [7, 11) is 1.77. The first-order valence-electron chi connectivity index (χ1n) is 9.85. The average Bonchev–Trinajstić information content (AvgIpc) is 3.07. The molecular weight excluding hydrogens is 316 g/mol. The molecule has 0 aromatic rings. The standard InChI is InChI=1S/C19H38N4O2/c1-5-16(3)23-17(24)9-13-21-18(20-6-2)22-15-19(12-14-25-4)10-7-8-11-19/h16H,5-15H2,1-4H3,(H,23,24)(H2,20,21,22). The highest BCUT2D eigenvalue weighted by molar-refractivity contribution is 5.81. The third kappa shape index (κ3) is 8.56. The summed E-state index contributed by atoms with van der Waals surface area (Å²) in [5.74, 6) is 0.896. The Kier molecular flexibility index (Phi) is 10.5. The van der Waals surface area contributed by atoms with Crippen LogP contribution in [0.1, 0.15) is 65.7 Å². The van der Waals surface area contributed by atoms with Gasteiger partial charge in [0.1, 0.15) is 0 Å². The van der Waals surface area contributed by atoms with Crippen molar-refractivity contribution in [2.24, 2.45) is 10.4 Å². The van der Waals surface area contributed by atoms with Gasteiger partial charge in [-0.05, 0) is 44.9 Å². The molecular formula is C19H38N4O2. The number of hydrogen-bond donors (Lipinski definition) is 3. The average molecular weight is 355 g/mol. The summed E-state index contributed by atoms with van der Waals surface area (Å²) in [5.41, 5.74) is 0.284. The summed E-state index contributed by atoms with van der Waals surface area (Å²) < 4.78 is 5.29. The van der Waals surface area contributed by atoms with E-state index < -0.39 is 0 Å². The van der Waals surface area contributed by atoms with E-state index in [0.717, 1.165) is 38.5 Å². The number of nitrogens with zero attached hydrogens (tertiary/aromatic N) is 1. The molecule has 1 fully saturated rings. The third-order valence-electron chi connectivity index (χ3n) is 5.08. The molecule has 1 atom stereocenters. The van der Waals surface area contributed by atoms with Crippen molar-refractivity contribution >= 4 is 11.9 Å². The highest BCUT2D eigenvalue weighted by Gasteiger charge is 2.33. The zero-order valence-electron chi connectivity index (χ0n) is 16.6. The monoisotopic (exact) mass is 354 g/mol. The van der Waals surface area contributed by atoms with Crippen molar-refractivity contribution < 1.29 is 9.53 Å². The Bertz CT molecular complexity index is 406. The van der Waals surface area contributed by atoms with Gasteiger partial charge in [0, 0.05) is 45.8 Å². The van der Waals surface area contributed by atoms with Crippen LogP contribution < -0.4 is 16.0 Å². The molecule has 1 aliphatic rings. The molecule has 1 saturated carbocycles. The fourth-order valence-electron chi connectivity index (χ4n) is 3.26. The molecule has 1 unspecified atom stereocenters. The van der Waals surface area contributed by atoms with E-state index in [0.29, 0.717) is 13.0 Å². The minimum absolute atomic E-state index is 0.0880. The summed E-state index contributed by atoms with van der Waals surface area (Å²) in [6.07, 6.45) is 7.53. The van der Waals surface area contributed by atoms with E-state index in [1.165, 1.54) is 25.7 Å². The van der Waals surface area contributed by atoms with Crippen LogP contribution in [0.25, 0.3) is 0 Å². The lowest BCUT2D eigenvalue weighted by Crippen LogP contribution is -2.41. The number of methoxy groups -OCH3 is 1. The first kappa shape index (κ1) is 21.7. The van der Waals surface area contributed by atoms with Crippen molar-refractivity contribution in [2.45, 2.75) is 71.8 Å². The van der Waals surface area contributed by atoms with Crippen molar-refractivity contribution in [1.29, 1.82) is 0 Å². The molecule has 6 nitrogen and oxygen atoms in total. The molecule has 0 heterocycles. The Morgan fingerprint density at radius 3 is 2.56 bits per heavy atom. The Labute approximate surface area is 153 Å². The summed E-state index contributed by atoms with van der Waals surface area (Å²) in [4.78, 5) is 16.7. The molecule has 0 bridgehead atoms. The van der Waals surface area contributed by atoms with Gasteiger partial charge in [-0.2, -0.15) is 0 Å². The summed E-state index contributed by atoms with van der Waals surface area (Å²) in [6.45, 7) is 9.19. The van der Waals surface area contributed by atoms with Crippen LogP contribution in [0.5, 0.6) is 0 Å². The van der Waals surface area contributed by atoms with Gasteiger partial charge in [-0.1, -0.05) is 19.8 Å². The summed E-state index contributed by atoms with van der Waals surface area (Å²) >= 11 is 0. The Hall–Kier alpha value is -1.30. The number of guanidine groups is 1. The van der Waals surface area contributed by atoms with Crippen LogP contribution >= 0.6 is 0 Å². The Morgan fingerprint density at radius 2 is 1.96 bits per heavy atom. The van der Waals surface area contributed by atoms with Gasteiger partial charge in [0.05, 0.1) is 0 Å². The number of carbonyl (C=O) groups is 1. The number of carbonyl (C=O) groups excluding carboxylic acids is 1. The van der Waals surface area contributed by atoms with E-state index in [1.807, 2.05) is 6.92 Å². The quantitative estimate of drug-likeness (QED) is 0.393. The maximum Gasteiger partial charge on any atom is 0.221 e. The molecule has 1 aliphatic carbocycles. The fraction of sp³-hybridized carbons (Fsp3) is 0.895. The van der Waals surface area contributed by atoms with Crippen LogP contribution in [-0.4, -0.2) is 51.3 Å². The van der Waals surface area contributed by atoms with E-state index in [2.05, 4.69) is 29.8 Å². The van der Waals surface area contributed by atoms with E-state index in [4.69, 9.17) is 9.73 Å². The van der Waals surface area contributed by atoms with Gasteiger partial charge in [-0.3, -0.25) is 9.79 Å². The van der Waals surface area contributed by atoms with Crippen molar-refractivity contribution in [3.05, 3.63) is 0 Å². The number of aliphatic imine (C=N–C) groups is 1. The molecule has 0 spiro atoms. The van der Waals surface area contributed by atoms with Gasteiger partial charge in [-0.15, -0.1) is 0 Å². The van der Waals surface area contributed by atoms with Crippen molar-refractivity contribution in [3.63, 3.8) is 0 Å². The van der Waals surface area contributed by atoms with Crippen LogP contribution in [0.15, 0.2) is 4.99 Å². The molecule has 0 radical (unpaired) electrons. The first-order valence-corrected chi connectivity index (χ1v) is 9.85. The summed E-state index contributed by atoms with van der Waals surface area (Å²) in [5, 5.41) is 9.56. The number of nitrogens with one attached hydrogen (secondary N) is 3. The van der Waals surface area contributed by atoms with E-state index in [1.54, 1.807) is 7.11 Å². The second-order valence-electron chi connectivity index (χ2n) is 7.20. The SMILES string of the molecule is CCNC(=NCC1(CCOC)CCCC1)NCCC(=O)NC(C)CC. The third-order valence-corrected chi connectivity index (χ3v) is 5.08. The topological polar surface area (TPSA) is 74.8 Å².